The van der Waals surface area contributed by atoms with Crippen molar-refractivity contribution in [2.24, 2.45) is 0 Å². The molecule has 0 saturated carbocycles. The van der Waals surface area contributed by atoms with E-state index >= 15 is 0 Å². The number of hydrogen-bond acceptors (Lipinski definition) is 3. The zero-order chi connectivity index (χ0) is 16.3. The van der Waals surface area contributed by atoms with E-state index < -0.39 is 4.92 Å². The van der Waals surface area contributed by atoms with Crippen molar-refractivity contribution in [1.82, 2.24) is 5.32 Å². The summed E-state index contributed by atoms with van der Waals surface area (Å²) >= 11 is 0. The van der Waals surface area contributed by atoms with Crippen molar-refractivity contribution in [3.05, 3.63) is 74.8 Å². The van der Waals surface area contributed by atoms with Gasteiger partial charge in [-0.15, -0.1) is 0 Å². The molecule has 0 aliphatic rings. The first kappa shape index (κ1) is 15.7. The third kappa shape index (κ3) is 3.49. The summed E-state index contributed by atoms with van der Waals surface area (Å²) in [5, 5.41) is 13.5. The van der Waals surface area contributed by atoms with Gasteiger partial charge in [-0.2, -0.15) is 0 Å². The molecule has 2 aromatic carbocycles. The highest BCUT2D eigenvalue weighted by atomic mass is 16.6. The maximum absolute atomic E-state index is 12.2. The third-order valence-electron chi connectivity index (χ3n) is 3.58. The third-order valence-corrected chi connectivity index (χ3v) is 3.58. The lowest BCUT2D eigenvalue weighted by Gasteiger charge is -2.17. The van der Waals surface area contributed by atoms with Crippen molar-refractivity contribution < 1.29 is 9.72 Å². The van der Waals surface area contributed by atoms with E-state index in [1.54, 1.807) is 0 Å². The van der Waals surface area contributed by atoms with Crippen molar-refractivity contribution >= 4 is 11.6 Å². The highest BCUT2D eigenvalue weighted by Crippen LogP contribution is 2.19. The Morgan fingerprint density at radius 1 is 1.14 bits per heavy atom. The lowest BCUT2D eigenvalue weighted by atomic mass is 10.00. The standard InChI is InChI=1S/C17H18N2O3/c1-11-4-9-16(12(2)10-11)13(3)18-17(20)14-5-7-15(8-6-14)19(21)22/h4-10,13H,1-3H3,(H,18,20)/t13-/m0/s1. The van der Waals surface area contributed by atoms with Gasteiger partial charge in [0, 0.05) is 17.7 Å². The number of hydrogen-bond donors (Lipinski definition) is 1. The van der Waals surface area contributed by atoms with Crippen LogP contribution in [-0.2, 0) is 0 Å². The van der Waals surface area contributed by atoms with Crippen molar-refractivity contribution in [1.29, 1.82) is 0 Å². The van der Waals surface area contributed by atoms with Crippen molar-refractivity contribution in [3.8, 4) is 0 Å². The minimum absolute atomic E-state index is 0.0287. The average molecular weight is 298 g/mol. The van der Waals surface area contributed by atoms with Gasteiger partial charge in [-0.3, -0.25) is 14.9 Å². The van der Waals surface area contributed by atoms with Gasteiger partial charge in [0.1, 0.15) is 0 Å². The second-order valence-electron chi connectivity index (χ2n) is 5.36. The molecule has 1 amide bonds. The summed E-state index contributed by atoms with van der Waals surface area (Å²) in [6.07, 6.45) is 0. The molecule has 114 valence electrons. The van der Waals surface area contributed by atoms with Gasteiger partial charge in [-0.05, 0) is 44.0 Å². The van der Waals surface area contributed by atoms with E-state index in [0.29, 0.717) is 5.56 Å². The lowest BCUT2D eigenvalue weighted by molar-refractivity contribution is -0.384. The van der Waals surface area contributed by atoms with Gasteiger partial charge in [-0.1, -0.05) is 23.8 Å². The summed E-state index contributed by atoms with van der Waals surface area (Å²) < 4.78 is 0. The van der Waals surface area contributed by atoms with Crippen LogP contribution in [-0.4, -0.2) is 10.8 Å². The summed E-state index contributed by atoms with van der Waals surface area (Å²) in [6.45, 7) is 5.95. The van der Waals surface area contributed by atoms with E-state index in [4.69, 9.17) is 0 Å². The predicted molar refractivity (Wildman–Crippen MR) is 84.9 cm³/mol. The molecule has 0 radical (unpaired) electrons. The maximum atomic E-state index is 12.2. The zero-order valence-corrected chi connectivity index (χ0v) is 12.8. The quantitative estimate of drug-likeness (QED) is 0.691. The molecule has 0 heterocycles. The van der Waals surface area contributed by atoms with Crippen LogP contribution in [0.25, 0.3) is 0 Å². The number of nitro groups is 1. The maximum Gasteiger partial charge on any atom is 0.269 e. The second-order valence-corrected chi connectivity index (χ2v) is 5.36. The summed E-state index contributed by atoms with van der Waals surface area (Å²) in [6, 6.07) is 11.5. The summed E-state index contributed by atoms with van der Waals surface area (Å²) in [4.78, 5) is 22.3. The van der Waals surface area contributed by atoms with E-state index in [1.807, 2.05) is 32.9 Å². The van der Waals surface area contributed by atoms with Crippen LogP contribution in [0.5, 0.6) is 0 Å². The Labute approximate surface area is 129 Å². The van der Waals surface area contributed by atoms with Crippen LogP contribution in [0.4, 0.5) is 5.69 Å². The van der Waals surface area contributed by atoms with Crippen molar-refractivity contribution in [3.63, 3.8) is 0 Å². The molecule has 0 aliphatic heterocycles. The average Bonchev–Trinajstić information content (AvgIpc) is 2.47. The first-order valence-electron chi connectivity index (χ1n) is 7.01. The molecule has 5 heteroatoms. The van der Waals surface area contributed by atoms with E-state index in [2.05, 4.69) is 11.4 Å². The Bertz CT molecular complexity index is 708. The Hall–Kier alpha value is -2.69. The number of carbonyl (C=O) groups is 1. The minimum Gasteiger partial charge on any atom is -0.346 e. The van der Waals surface area contributed by atoms with E-state index in [-0.39, 0.29) is 17.6 Å². The molecule has 0 spiro atoms. The molecule has 0 unspecified atom stereocenters. The molecular formula is C17H18N2O3. The van der Waals surface area contributed by atoms with Gasteiger partial charge in [-0.25, -0.2) is 0 Å². The zero-order valence-electron chi connectivity index (χ0n) is 12.8. The largest absolute Gasteiger partial charge is 0.346 e. The smallest absolute Gasteiger partial charge is 0.269 e. The molecule has 22 heavy (non-hydrogen) atoms. The monoisotopic (exact) mass is 298 g/mol. The molecule has 2 aromatic rings. The molecule has 0 aliphatic carbocycles. The van der Waals surface area contributed by atoms with Gasteiger partial charge in [0.25, 0.3) is 11.6 Å². The number of nitrogens with zero attached hydrogens (tertiary/aromatic N) is 1. The number of carbonyl (C=O) groups excluding carboxylic acids is 1. The van der Waals surface area contributed by atoms with Gasteiger partial charge >= 0.3 is 0 Å². The number of aryl methyl sites for hydroxylation is 2. The number of nitrogens with one attached hydrogen (secondary N) is 1. The first-order chi connectivity index (χ1) is 10.4. The Kier molecular flexibility index (Phi) is 4.56. The molecule has 0 bridgehead atoms. The van der Waals surface area contributed by atoms with Crippen LogP contribution < -0.4 is 5.32 Å². The highest BCUT2D eigenvalue weighted by Gasteiger charge is 2.14. The number of benzene rings is 2. The fraction of sp³-hybridized carbons (Fsp3) is 0.235. The molecule has 0 saturated heterocycles. The topological polar surface area (TPSA) is 72.2 Å². The van der Waals surface area contributed by atoms with E-state index in [1.165, 1.54) is 29.8 Å². The molecule has 1 N–H and O–H groups in total. The fourth-order valence-corrected chi connectivity index (χ4v) is 2.40. The minimum atomic E-state index is -0.486. The molecule has 0 fully saturated rings. The van der Waals surface area contributed by atoms with Crippen LogP contribution in [0.2, 0.25) is 0 Å². The van der Waals surface area contributed by atoms with E-state index in [9.17, 15) is 14.9 Å². The summed E-state index contributed by atoms with van der Waals surface area (Å²) in [5.41, 5.74) is 3.73. The lowest BCUT2D eigenvalue weighted by Crippen LogP contribution is -2.27. The Morgan fingerprint density at radius 3 is 2.32 bits per heavy atom. The molecular weight excluding hydrogens is 280 g/mol. The van der Waals surface area contributed by atoms with Crippen molar-refractivity contribution in [2.45, 2.75) is 26.8 Å². The number of amides is 1. The number of nitro benzene ring substituents is 1. The van der Waals surface area contributed by atoms with Crippen LogP contribution in [0, 0.1) is 24.0 Å². The van der Waals surface area contributed by atoms with Gasteiger partial charge < -0.3 is 5.32 Å². The van der Waals surface area contributed by atoms with E-state index in [0.717, 1.165) is 11.1 Å². The normalized spacial score (nSPS) is 11.8. The Morgan fingerprint density at radius 2 is 1.77 bits per heavy atom. The predicted octanol–water partition coefficient (Wildman–Crippen LogP) is 3.70. The summed E-state index contributed by atoms with van der Waals surface area (Å²) in [7, 11) is 0. The second kappa shape index (κ2) is 6.39. The van der Waals surface area contributed by atoms with Crippen LogP contribution >= 0.6 is 0 Å². The SMILES string of the molecule is Cc1ccc([C@H](C)NC(=O)c2ccc([N+](=O)[O-])cc2)c(C)c1. The van der Waals surface area contributed by atoms with Gasteiger partial charge in [0.2, 0.25) is 0 Å². The number of rotatable bonds is 4. The fourth-order valence-electron chi connectivity index (χ4n) is 2.40. The van der Waals surface area contributed by atoms with Gasteiger partial charge in [0.05, 0.1) is 11.0 Å². The summed E-state index contributed by atoms with van der Waals surface area (Å²) in [5.74, 6) is -0.248. The highest BCUT2D eigenvalue weighted by molar-refractivity contribution is 5.94. The number of non-ortho nitro benzene ring substituents is 1. The molecule has 1 atom stereocenters. The Balaban J connectivity index is 2.12. The first-order valence-corrected chi connectivity index (χ1v) is 7.01. The molecule has 5 nitrogen and oxygen atoms in total. The van der Waals surface area contributed by atoms with Gasteiger partial charge in [0.15, 0.2) is 0 Å². The van der Waals surface area contributed by atoms with Crippen molar-refractivity contribution in [2.75, 3.05) is 0 Å². The molecule has 0 aromatic heterocycles. The van der Waals surface area contributed by atoms with Crippen LogP contribution in [0.15, 0.2) is 42.5 Å². The van der Waals surface area contributed by atoms with Crippen LogP contribution in [0.1, 0.15) is 40.0 Å². The molecule has 2 rings (SSSR count). The van der Waals surface area contributed by atoms with Crippen LogP contribution in [0.3, 0.4) is 0 Å².